The highest BCUT2D eigenvalue weighted by atomic mass is 16.4. The maximum atomic E-state index is 12.3. The zero-order valence-electron chi connectivity index (χ0n) is 13.5. The van der Waals surface area contributed by atoms with Gasteiger partial charge in [0, 0.05) is 17.8 Å². The third-order valence-electron chi connectivity index (χ3n) is 4.08. The third kappa shape index (κ3) is 4.16. The fourth-order valence-corrected chi connectivity index (χ4v) is 2.73. The molecule has 0 unspecified atom stereocenters. The Labute approximate surface area is 126 Å². The molecule has 0 radical (unpaired) electrons. The number of aromatic nitrogens is 2. The zero-order valence-corrected chi connectivity index (χ0v) is 13.5. The van der Waals surface area contributed by atoms with Gasteiger partial charge in [0.05, 0.1) is 12.1 Å². The van der Waals surface area contributed by atoms with Crippen molar-refractivity contribution >= 4 is 5.97 Å². The first-order valence-corrected chi connectivity index (χ1v) is 7.81. The summed E-state index contributed by atoms with van der Waals surface area (Å²) in [5.74, 6) is -0.464. The number of hydrogen-bond donors (Lipinski definition) is 1. The largest absolute Gasteiger partial charge is 0.481 e. The Morgan fingerprint density at radius 1 is 1.19 bits per heavy atom. The number of carbonyl (C=O) groups is 1. The summed E-state index contributed by atoms with van der Waals surface area (Å²) in [6.45, 7) is 8.70. The van der Waals surface area contributed by atoms with Crippen LogP contribution in [0.3, 0.4) is 0 Å². The lowest BCUT2D eigenvalue weighted by Crippen LogP contribution is -2.32. The Balaban J connectivity index is 3.42. The molecule has 1 aromatic rings. The van der Waals surface area contributed by atoms with Crippen LogP contribution < -0.4 is 5.69 Å². The number of aryl methyl sites for hydroxylation is 1. The lowest BCUT2D eigenvalue weighted by molar-refractivity contribution is -0.136. The minimum absolute atomic E-state index is 0.0669. The first-order chi connectivity index (χ1) is 9.98. The van der Waals surface area contributed by atoms with Crippen LogP contribution in [-0.4, -0.2) is 20.6 Å². The molecule has 0 aliphatic carbocycles. The first kappa shape index (κ1) is 17.4. The second-order valence-electron chi connectivity index (χ2n) is 5.34. The van der Waals surface area contributed by atoms with Gasteiger partial charge in [0.15, 0.2) is 0 Å². The smallest absolute Gasteiger partial charge is 0.348 e. The molecule has 1 heterocycles. The van der Waals surface area contributed by atoms with Crippen molar-refractivity contribution in [3.05, 3.63) is 27.4 Å². The lowest BCUT2D eigenvalue weighted by atomic mass is 10.0. The van der Waals surface area contributed by atoms with Gasteiger partial charge >= 0.3 is 11.7 Å². The molecule has 1 aromatic heterocycles. The van der Waals surface area contributed by atoms with E-state index in [-0.39, 0.29) is 12.1 Å². The van der Waals surface area contributed by atoms with Crippen LogP contribution >= 0.6 is 0 Å². The number of nitrogens with zero attached hydrogens (tertiary/aromatic N) is 2. The van der Waals surface area contributed by atoms with E-state index in [9.17, 15) is 9.59 Å². The maximum absolute atomic E-state index is 12.3. The molecule has 0 fully saturated rings. The van der Waals surface area contributed by atoms with Crippen molar-refractivity contribution < 1.29 is 9.90 Å². The predicted molar refractivity (Wildman–Crippen MR) is 82.7 cm³/mol. The molecule has 0 bridgehead atoms. The highest BCUT2D eigenvalue weighted by Crippen LogP contribution is 2.17. The fraction of sp³-hybridized carbons (Fsp3) is 0.688. The van der Waals surface area contributed by atoms with Crippen molar-refractivity contribution in [3.8, 4) is 0 Å². The minimum Gasteiger partial charge on any atom is -0.481 e. The van der Waals surface area contributed by atoms with Crippen molar-refractivity contribution in [2.75, 3.05) is 0 Å². The van der Waals surface area contributed by atoms with E-state index in [1.165, 1.54) is 0 Å². The van der Waals surface area contributed by atoms with Crippen LogP contribution in [-0.2, 0) is 30.6 Å². The minimum atomic E-state index is -0.881. The molecule has 1 rings (SSSR count). The molecular weight excluding hydrogens is 268 g/mol. The Morgan fingerprint density at radius 2 is 1.81 bits per heavy atom. The van der Waals surface area contributed by atoms with Gasteiger partial charge in [-0.05, 0) is 18.8 Å². The van der Waals surface area contributed by atoms with E-state index < -0.39 is 5.97 Å². The molecule has 1 N–H and O–H groups in total. The topological polar surface area (TPSA) is 72.2 Å². The predicted octanol–water partition coefficient (Wildman–Crippen LogP) is 2.43. The van der Waals surface area contributed by atoms with Crippen molar-refractivity contribution in [1.82, 2.24) is 9.55 Å². The van der Waals surface area contributed by atoms with Gasteiger partial charge in [0.25, 0.3) is 0 Å². The highest BCUT2D eigenvalue weighted by Gasteiger charge is 2.18. The number of rotatable bonds is 8. The number of hydrogen-bond acceptors (Lipinski definition) is 3. The summed E-state index contributed by atoms with van der Waals surface area (Å²) in [5.41, 5.74) is 1.93. The Hall–Kier alpha value is -1.65. The van der Waals surface area contributed by atoms with E-state index in [4.69, 9.17) is 5.11 Å². The van der Waals surface area contributed by atoms with Gasteiger partial charge in [-0.3, -0.25) is 9.36 Å². The molecule has 5 heteroatoms. The maximum Gasteiger partial charge on any atom is 0.348 e. The normalized spacial score (nSPS) is 11.1. The van der Waals surface area contributed by atoms with E-state index in [0.717, 1.165) is 24.1 Å². The van der Waals surface area contributed by atoms with Crippen LogP contribution in [0.5, 0.6) is 0 Å². The number of carboxylic acid groups (broad SMARTS) is 1. The summed E-state index contributed by atoms with van der Waals surface area (Å²) in [6.07, 6.45) is 3.15. The molecule has 0 atom stereocenters. The van der Waals surface area contributed by atoms with E-state index >= 15 is 0 Å². The molecule has 0 saturated carbocycles. The molecule has 0 saturated heterocycles. The summed E-state index contributed by atoms with van der Waals surface area (Å²) in [7, 11) is 0. The van der Waals surface area contributed by atoms with Gasteiger partial charge in [-0.15, -0.1) is 0 Å². The van der Waals surface area contributed by atoms with Crippen molar-refractivity contribution in [2.24, 2.45) is 5.92 Å². The zero-order chi connectivity index (χ0) is 16.0. The van der Waals surface area contributed by atoms with Crippen LogP contribution in [0.25, 0.3) is 0 Å². The second-order valence-corrected chi connectivity index (χ2v) is 5.34. The summed E-state index contributed by atoms with van der Waals surface area (Å²) in [4.78, 5) is 27.5. The van der Waals surface area contributed by atoms with Crippen LogP contribution in [0.2, 0.25) is 0 Å². The van der Waals surface area contributed by atoms with Gasteiger partial charge in [0.1, 0.15) is 0 Å². The molecule has 0 aliphatic heterocycles. The van der Waals surface area contributed by atoms with E-state index in [0.29, 0.717) is 31.0 Å². The molecule has 0 spiro atoms. The summed E-state index contributed by atoms with van der Waals surface area (Å²) in [6, 6.07) is 0. The first-order valence-electron chi connectivity index (χ1n) is 7.81. The molecule has 21 heavy (non-hydrogen) atoms. The van der Waals surface area contributed by atoms with Gasteiger partial charge in [0.2, 0.25) is 0 Å². The lowest BCUT2D eigenvalue weighted by Gasteiger charge is -2.21. The highest BCUT2D eigenvalue weighted by molar-refractivity contribution is 5.71. The van der Waals surface area contributed by atoms with Gasteiger partial charge < -0.3 is 5.11 Å². The summed E-state index contributed by atoms with van der Waals surface area (Å²) in [5, 5.41) is 9.13. The van der Waals surface area contributed by atoms with E-state index in [2.05, 4.69) is 18.8 Å². The standard InChI is InChI=1S/C16H26N2O3/c1-5-11(6-2)10-18-14(8-4)12(9-15(19)20)13(7-3)17-16(18)21/h11H,5-10H2,1-4H3,(H,19,20). The Morgan fingerprint density at radius 3 is 2.24 bits per heavy atom. The van der Waals surface area contributed by atoms with Gasteiger partial charge in [-0.2, -0.15) is 4.98 Å². The monoisotopic (exact) mass is 294 g/mol. The summed E-state index contributed by atoms with van der Waals surface area (Å²) >= 11 is 0. The molecule has 118 valence electrons. The summed E-state index contributed by atoms with van der Waals surface area (Å²) < 4.78 is 1.69. The SMILES string of the molecule is CCc1nc(=O)n(CC(CC)CC)c(CC)c1CC(=O)O. The van der Waals surface area contributed by atoms with Crippen LogP contribution in [0.15, 0.2) is 4.79 Å². The van der Waals surface area contributed by atoms with E-state index in [1.807, 2.05) is 13.8 Å². The van der Waals surface area contributed by atoms with Crippen molar-refractivity contribution in [2.45, 2.75) is 66.3 Å². The van der Waals surface area contributed by atoms with Gasteiger partial charge in [-0.25, -0.2) is 4.79 Å². The molecule has 0 aromatic carbocycles. The average molecular weight is 294 g/mol. The second kappa shape index (κ2) is 7.96. The number of carboxylic acids is 1. The van der Waals surface area contributed by atoms with Gasteiger partial charge in [-0.1, -0.05) is 40.5 Å². The average Bonchev–Trinajstić information content (AvgIpc) is 2.46. The molecule has 0 amide bonds. The van der Waals surface area contributed by atoms with Crippen LogP contribution in [0, 0.1) is 5.92 Å². The van der Waals surface area contributed by atoms with Crippen LogP contribution in [0.4, 0.5) is 0 Å². The number of aliphatic carboxylic acids is 1. The molecule has 0 aliphatic rings. The van der Waals surface area contributed by atoms with E-state index in [1.54, 1.807) is 4.57 Å². The fourth-order valence-electron chi connectivity index (χ4n) is 2.73. The third-order valence-corrected chi connectivity index (χ3v) is 4.08. The molecule has 5 nitrogen and oxygen atoms in total. The molecular formula is C16H26N2O3. The van der Waals surface area contributed by atoms with Crippen molar-refractivity contribution in [1.29, 1.82) is 0 Å². The van der Waals surface area contributed by atoms with Crippen LogP contribution in [0.1, 0.15) is 57.5 Å². The van der Waals surface area contributed by atoms with Crippen molar-refractivity contribution in [3.63, 3.8) is 0 Å². The Kier molecular flexibility index (Phi) is 6.59. The quantitative estimate of drug-likeness (QED) is 0.799. The Bertz CT molecular complexity index is 545.